The summed E-state index contributed by atoms with van der Waals surface area (Å²) in [5, 5.41) is 9.02. The second-order valence-electron chi connectivity index (χ2n) is 4.01. The zero-order valence-electron chi connectivity index (χ0n) is 10.7. The number of benzene rings is 2. The predicted octanol–water partition coefficient (Wildman–Crippen LogP) is 3.63. The van der Waals surface area contributed by atoms with Crippen LogP contribution in [0.15, 0.2) is 60.7 Å². The molecule has 0 saturated carbocycles. The average Bonchev–Trinajstić information content (AvgIpc) is 2.41. The molecule has 0 radical (unpaired) electrons. The zero-order valence-corrected chi connectivity index (χ0v) is 10.7. The Morgan fingerprint density at radius 1 is 0.944 bits per heavy atom. The van der Waals surface area contributed by atoms with E-state index in [1.165, 1.54) is 0 Å². The van der Waals surface area contributed by atoms with Gasteiger partial charge < -0.3 is 5.11 Å². The molecule has 1 atom stereocenters. The molecule has 0 spiro atoms. The van der Waals surface area contributed by atoms with E-state index in [4.69, 9.17) is 5.11 Å². The lowest BCUT2D eigenvalue weighted by Crippen LogP contribution is -1.88. The van der Waals surface area contributed by atoms with Gasteiger partial charge in [0.1, 0.15) is 0 Å². The molecule has 18 heavy (non-hydrogen) atoms. The van der Waals surface area contributed by atoms with E-state index in [0.29, 0.717) is 0 Å². The van der Waals surface area contributed by atoms with Crippen molar-refractivity contribution in [1.29, 1.82) is 0 Å². The van der Waals surface area contributed by atoms with Gasteiger partial charge in [-0.2, -0.15) is 0 Å². The first-order valence-electron chi connectivity index (χ1n) is 5.90. The number of ketones is 1. The third-order valence-corrected chi connectivity index (χ3v) is 2.46. The molecule has 2 nitrogen and oxygen atoms in total. The standard InChI is InChI=1S/C8H10O.C8H8O/c2*1-7(9)8-5-3-2-4-6-8/h2-7,9H,1H3;2-6H,1H3. The van der Waals surface area contributed by atoms with E-state index in [9.17, 15) is 4.79 Å². The van der Waals surface area contributed by atoms with E-state index in [2.05, 4.69) is 0 Å². The molecular weight excluding hydrogens is 224 g/mol. The lowest BCUT2D eigenvalue weighted by molar-refractivity contribution is 0.101. The Morgan fingerprint density at radius 2 is 1.39 bits per heavy atom. The molecule has 0 aromatic heterocycles. The monoisotopic (exact) mass is 242 g/mol. The SMILES string of the molecule is CC(=O)c1ccccc1.CC(O)c1ccccc1. The summed E-state index contributed by atoms with van der Waals surface area (Å²) >= 11 is 0. The van der Waals surface area contributed by atoms with E-state index < -0.39 is 0 Å². The number of hydrogen-bond donors (Lipinski definition) is 1. The number of Topliss-reactive ketones (excluding diaryl/α,β-unsaturated/α-hetero) is 1. The van der Waals surface area contributed by atoms with Gasteiger partial charge in [-0.25, -0.2) is 0 Å². The molecule has 0 fully saturated rings. The van der Waals surface area contributed by atoms with Crippen molar-refractivity contribution < 1.29 is 9.90 Å². The fourth-order valence-corrected chi connectivity index (χ4v) is 1.40. The molecule has 2 aromatic rings. The third-order valence-electron chi connectivity index (χ3n) is 2.46. The van der Waals surface area contributed by atoms with Crippen LogP contribution in [0.1, 0.15) is 35.9 Å². The van der Waals surface area contributed by atoms with Crippen molar-refractivity contribution in [3.63, 3.8) is 0 Å². The number of carbonyl (C=O) groups excluding carboxylic acids is 1. The summed E-state index contributed by atoms with van der Waals surface area (Å²) in [7, 11) is 0. The minimum atomic E-state index is -0.341. The fraction of sp³-hybridized carbons (Fsp3) is 0.188. The highest BCUT2D eigenvalue weighted by molar-refractivity contribution is 5.93. The van der Waals surface area contributed by atoms with Crippen molar-refractivity contribution in [1.82, 2.24) is 0 Å². The van der Waals surface area contributed by atoms with Crippen LogP contribution in [-0.2, 0) is 0 Å². The minimum absolute atomic E-state index is 0.121. The molecule has 0 heterocycles. The Morgan fingerprint density at radius 3 is 1.67 bits per heavy atom. The van der Waals surface area contributed by atoms with Crippen LogP contribution in [0.2, 0.25) is 0 Å². The molecular formula is C16H18O2. The predicted molar refractivity (Wildman–Crippen MR) is 73.5 cm³/mol. The molecule has 0 aliphatic carbocycles. The maximum Gasteiger partial charge on any atom is 0.159 e. The van der Waals surface area contributed by atoms with Gasteiger partial charge in [-0.05, 0) is 19.4 Å². The van der Waals surface area contributed by atoms with E-state index in [0.717, 1.165) is 11.1 Å². The van der Waals surface area contributed by atoms with Crippen LogP contribution in [0.5, 0.6) is 0 Å². The first-order chi connectivity index (χ1) is 8.61. The minimum Gasteiger partial charge on any atom is -0.389 e. The smallest absolute Gasteiger partial charge is 0.159 e. The molecule has 1 unspecified atom stereocenters. The highest BCUT2D eigenvalue weighted by atomic mass is 16.3. The summed E-state index contributed by atoms with van der Waals surface area (Å²) in [6, 6.07) is 18.8. The van der Waals surface area contributed by atoms with Crippen LogP contribution in [-0.4, -0.2) is 10.9 Å². The van der Waals surface area contributed by atoms with Gasteiger partial charge in [0.2, 0.25) is 0 Å². The van der Waals surface area contributed by atoms with Gasteiger partial charge in [-0.1, -0.05) is 60.7 Å². The Kier molecular flexibility index (Phi) is 5.81. The second-order valence-corrected chi connectivity index (χ2v) is 4.01. The third kappa shape index (κ3) is 4.93. The molecule has 2 rings (SSSR count). The van der Waals surface area contributed by atoms with E-state index in [-0.39, 0.29) is 11.9 Å². The van der Waals surface area contributed by atoms with E-state index in [1.54, 1.807) is 13.8 Å². The first-order valence-corrected chi connectivity index (χ1v) is 5.90. The maximum atomic E-state index is 10.6. The topological polar surface area (TPSA) is 37.3 Å². The summed E-state index contributed by atoms with van der Waals surface area (Å²) in [5.41, 5.74) is 1.75. The van der Waals surface area contributed by atoms with Crippen LogP contribution >= 0.6 is 0 Å². The highest BCUT2D eigenvalue weighted by Gasteiger charge is 1.95. The summed E-state index contributed by atoms with van der Waals surface area (Å²) < 4.78 is 0. The van der Waals surface area contributed by atoms with Gasteiger partial charge >= 0.3 is 0 Å². The van der Waals surface area contributed by atoms with E-state index in [1.807, 2.05) is 60.7 Å². The Labute approximate surface area is 108 Å². The Bertz CT molecular complexity index is 461. The molecule has 1 N–H and O–H groups in total. The normalized spacial score (nSPS) is 11.1. The molecule has 0 bridgehead atoms. The number of hydrogen-bond acceptors (Lipinski definition) is 2. The Balaban J connectivity index is 0.000000180. The number of rotatable bonds is 2. The number of carbonyl (C=O) groups is 1. The second kappa shape index (κ2) is 7.41. The molecule has 2 heteroatoms. The van der Waals surface area contributed by atoms with Crippen molar-refractivity contribution in [2.75, 3.05) is 0 Å². The fourth-order valence-electron chi connectivity index (χ4n) is 1.40. The van der Waals surface area contributed by atoms with E-state index >= 15 is 0 Å². The van der Waals surface area contributed by atoms with Crippen molar-refractivity contribution in [2.24, 2.45) is 0 Å². The summed E-state index contributed by atoms with van der Waals surface area (Å²) in [6.07, 6.45) is -0.341. The average molecular weight is 242 g/mol. The van der Waals surface area contributed by atoms with Gasteiger partial charge in [0.15, 0.2) is 5.78 Å². The largest absolute Gasteiger partial charge is 0.389 e. The van der Waals surface area contributed by atoms with Crippen molar-refractivity contribution in [2.45, 2.75) is 20.0 Å². The van der Waals surface area contributed by atoms with Crippen molar-refractivity contribution >= 4 is 5.78 Å². The van der Waals surface area contributed by atoms with Crippen LogP contribution in [0.3, 0.4) is 0 Å². The summed E-state index contributed by atoms with van der Waals surface area (Å²) in [5.74, 6) is 0.121. The summed E-state index contributed by atoms with van der Waals surface area (Å²) in [6.45, 7) is 3.32. The van der Waals surface area contributed by atoms with Gasteiger partial charge in [-0.15, -0.1) is 0 Å². The quantitative estimate of drug-likeness (QED) is 0.816. The van der Waals surface area contributed by atoms with Crippen LogP contribution in [0, 0.1) is 0 Å². The van der Waals surface area contributed by atoms with Crippen LogP contribution in [0.25, 0.3) is 0 Å². The lowest BCUT2D eigenvalue weighted by Gasteiger charge is -2.00. The van der Waals surface area contributed by atoms with Crippen LogP contribution < -0.4 is 0 Å². The zero-order chi connectivity index (χ0) is 13.4. The first kappa shape index (κ1) is 14.1. The van der Waals surface area contributed by atoms with Gasteiger partial charge in [0.05, 0.1) is 6.10 Å². The molecule has 0 saturated heterocycles. The van der Waals surface area contributed by atoms with Crippen LogP contribution in [0.4, 0.5) is 0 Å². The lowest BCUT2D eigenvalue weighted by atomic mass is 10.1. The number of aliphatic hydroxyl groups excluding tert-OH is 1. The Hall–Kier alpha value is -1.93. The van der Waals surface area contributed by atoms with Crippen molar-refractivity contribution in [3.05, 3.63) is 71.8 Å². The molecule has 94 valence electrons. The van der Waals surface area contributed by atoms with Gasteiger partial charge in [0, 0.05) is 5.56 Å². The maximum absolute atomic E-state index is 10.6. The molecule has 0 aliphatic rings. The summed E-state index contributed by atoms with van der Waals surface area (Å²) in [4.78, 5) is 10.6. The van der Waals surface area contributed by atoms with Gasteiger partial charge in [-0.3, -0.25) is 4.79 Å². The van der Waals surface area contributed by atoms with Crippen molar-refractivity contribution in [3.8, 4) is 0 Å². The molecule has 0 aliphatic heterocycles. The molecule has 0 amide bonds. The number of aliphatic hydroxyl groups is 1. The van der Waals surface area contributed by atoms with Gasteiger partial charge in [0.25, 0.3) is 0 Å². The molecule has 2 aromatic carbocycles. The highest BCUT2D eigenvalue weighted by Crippen LogP contribution is 2.09.